The van der Waals surface area contributed by atoms with Gasteiger partial charge in [-0.2, -0.15) is 0 Å². The van der Waals surface area contributed by atoms with Crippen LogP contribution in [0.3, 0.4) is 0 Å². The number of carbonyl (C=O) groups is 5. The highest BCUT2D eigenvalue weighted by molar-refractivity contribution is 5.91. The lowest BCUT2D eigenvalue weighted by Crippen LogP contribution is -2.44. The molecule has 0 aromatic heterocycles. The molecule has 352 valence electrons. The summed E-state index contributed by atoms with van der Waals surface area (Å²) in [7, 11) is 0. The zero-order chi connectivity index (χ0) is 43.9. The molecule has 0 unspecified atom stereocenters. The summed E-state index contributed by atoms with van der Waals surface area (Å²) in [4.78, 5) is 63.7. The summed E-state index contributed by atoms with van der Waals surface area (Å²) in [5, 5.41) is 5.51. The number of alkyl carbamates (subject to hydrolysis) is 1. The second-order valence-corrected chi connectivity index (χ2v) is 14.3. The molecule has 2 fully saturated rings. The zero-order valence-corrected chi connectivity index (χ0v) is 33.1. The van der Waals surface area contributed by atoms with Gasteiger partial charge in [0.25, 0.3) is 0 Å². The summed E-state index contributed by atoms with van der Waals surface area (Å²) in [6, 6.07) is 32.5. The highest BCUT2D eigenvalue weighted by atomic mass is 19.1. The maximum atomic E-state index is 15.2. The summed E-state index contributed by atoms with van der Waals surface area (Å²) in [5.41, 5.74) is 8.80. The van der Waals surface area contributed by atoms with Crippen molar-refractivity contribution in [3.8, 4) is 0 Å². The van der Waals surface area contributed by atoms with E-state index < -0.39 is 91.4 Å². The molecule has 16 nitrogen and oxygen atoms in total. The van der Waals surface area contributed by atoms with Gasteiger partial charge in [0.05, 0.1) is 22.3 Å². The molecule has 0 saturated carbocycles. The predicted octanol–water partition coefficient (Wildman–Crippen LogP) is 9.64. The van der Waals surface area contributed by atoms with Gasteiger partial charge in [0.2, 0.25) is 0 Å². The first kappa shape index (κ1) is 56.1. The molecule has 65 heavy (non-hydrogen) atoms. The molecular weight excluding hydrogens is 851 g/mol. The Hall–Kier alpha value is -6.88. The normalized spacial score (nSPS) is 21.4. The average Bonchev–Trinajstić information content (AvgIpc) is 3.71. The summed E-state index contributed by atoms with van der Waals surface area (Å²) in [5.74, 6) is -2.83. The molecular formula is C47H58F2N4O12. The monoisotopic (exact) mass is 908 g/mol. The van der Waals surface area contributed by atoms with E-state index in [0.717, 1.165) is 0 Å². The van der Waals surface area contributed by atoms with Crippen LogP contribution in [0, 0.1) is 0 Å². The summed E-state index contributed by atoms with van der Waals surface area (Å²) < 4.78 is 66.8. The van der Waals surface area contributed by atoms with Crippen LogP contribution in [0.25, 0.3) is 10.4 Å². The molecule has 2 saturated heterocycles. The fourth-order valence-electron chi connectivity index (χ4n) is 5.81. The number of halogens is 2. The molecule has 18 heteroatoms. The molecule has 1 N–H and O–H groups in total. The van der Waals surface area contributed by atoms with E-state index in [1.165, 1.54) is 24.3 Å². The van der Waals surface area contributed by atoms with Crippen molar-refractivity contribution in [1.82, 2.24) is 5.32 Å². The molecule has 0 bridgehead atoms. The van der Waals surface area contributed by atoms with Gasteiger partial charge in [-0.1, -0.05) is 108 Å². The molecule has 0 aliphatic carbocycles. The molecule has 0 radical (unpaired) electrons. The zero-order valence-electron chi connectivity index (χ0n) is 33.1. The Morgan fingerprint density at radius 2 is 0.954 bits per heavy atom. The van der Waals surface area contributed by atoms with Crippen LogP contribution in [-0.2, 0) is 33.2 Å². The third kappa shape index (κ3) is 16.3. The van der Waals surface area contributed by atoms with E-state index in [1.807, 2.05) is 0 Å². The Labute approximate surface area is 378 Å². The summed E-state index contributed by atoms with van der Waals surface area (Å²) in [6.07, 6.45) is -12.8. The maximum Gasteiger partial charge on any atom is 0.409 e. The number of hydrogen-bond donors (Lipinski definition) is 1. The van der Waals surface area contributed by atoms with E-state index in [9.17, 15) is 28.4 Å². The first-order chi connectivity index (χ1) is 29.2. The molecule has 2 heterocycles. The van der Waals surface area contributed by atoms with E-state index in [-0.39, 0.29) is 47.4 Å². The van der Waals surface area contributed by atoms with Crippen LogP contribution in [0.15, 0.2) is 126 Å². The van der Waals surface area contributed by atoms with E-state index in [4.69, 9.17) is 38.7 Å². The molecule has 8 atom stereocenters. The average molecular weight is 909 g/mol. The molecule has 0 spiro atoms. The molecule has 4 aromatic rings. The van der Waals surface area contributed by atoms with Gasteiger partial charge in [-0.25, -0.2) is 32.8 Å². The highest BCUT2D eigenvalue weighted by Gasteiger charge is 2.50. The van der Waals surface area contributed by atoms with Crippen LogP contribution >= 0.6 is 0 Å². The number of nitrogens with zero attached hydrogens (tertiary/aromatic N) is 3. The second-order valence-electron chi connectivity index (χ2n) is 14.3. The molecule has 2 aliphatic heterocycles. The van der Waals surface area contributed by atoms with E-state index in [2.05, 4.69) is 15.3 Å². The molecule has 4 aromatic carbocycles. The van der Waals surface area contributed by atoms with Crippen LogP contribution in [0.4, 0.5) is 13.6 Å². The number of amides is 1. The maximum absolute atomic E-state index is 15.2. The minimum Gasteiger partial charge on any atom is -0.459 e. The standard InChI is InChI=1S/C24H26FNO7.C19H16FN3O5.4CH4/c1-24(2,3)33-23(29)26-20-18(25)19(32-22(28)16-12-8-5-9-13-16)17(31-20)14-30-21(27)15-10-6-4-7-11-15;20-15-16(28-19(25)13-9-5-2-6-10-13)14(27-17(15)22-23-21)11-26-18(24)12-7-3-1-4-8-12;;;;/h4-13,17-20H,14H2,1-3H3,(H,26,29);1-10,14-17H,11H2;4*1H4/t17-,18+,19-,20-;14-,15+,16-,17-;;;;/m11..../s1. The van der Waals surface area contributed by atoms with Gasteiger partial charge < -0.3 is 33.2 Å². The lowest BCUT2D eigenvalue weighted by atomic mass is 10.1. The Morgan fingerprint density at radius 1 is 0.600 bits per heavy atom. The van der Waals surface area contributed by atoms with Gasteiger partial charge in [-0.3, -0.25) is 5.32 Å². The van der Waals surface area contributed by atoms with Crippen LogP contribution in [0.5, 0.6) is 0 Å². The van der Waals surface area contributed by atoms with Crippen molar-refractivity contribution in [2.24, 2.45) is 5.11 Å². The summed E-state index contributed by atoms with van der Waals surface area (Å²) >= 11 is 0. The Morgan fingerprint density at radius 3 is 1.32 bits per heavy atom. The summed E-state index contributed by atoms with van der Waals surface area (Å²) in [6.45, 7) is 4.20. The first-order valence-electron chi connectivity index (χ1n) is 18.8. The van der Waals surface area contributed by atoms with Crippen LogP contribution in [0.1, 0.15) is 91.9 Å². The van der Waals surface area contributed by atoms with Crippen LogP contribution in [0.2, 0.25) is 0 Å². The van der Waals surface area contributed by atoms with E-state index in [0.29, 0.717) is 11.1 Å². The number of ether oxygens (including phenoxy) is 7. The van der Waals surface area contributed by atoms with Gasteiger partial charge in [0.15, 0.2) is 37.0 Å². The number of alkyl halides is 2. The van der Waals surface area contributed by atoms with Gasteiger partial charge in [-0.05, 0) is 74.8 Å². The SMILES string of the molecule is C.C.C.C.CC(C)(C)OC(=O)N[C@@H]1O[C@H](COC(=O)c2ccccc2)[C@@H](OC(=O)c2ccccc2)[C@@H]1F.[N-]=[N+]=N[C@@H]1O[C@H](COC(=O)c2ccccc2)[C@@H](OC(=O)c2ccccc2)[C@@H]1F. The third-order valence-corrected chi connectivity index (χ3v) is 8.66. The number of azide groups is 1. The van der Waals surface area contributed by atoms with Crippen molar-refractivity contribution in [3.63, 3.8) is 0 Å². The number of hydrogen-bond acceptors (Lipinski definition) is 13. The van der Waals surface area contributed by atoms with Crippen molar-refractivity contribution in [2.45, 2.75) is 105 Å². The van der Waals surface area contributed by atoms with Gasteiger partial charge in [-0.15, -0.1) is 0 Å². The highest BCUT2D eigenvalue weighted by Crippen LogP contribution is 2.30. The number of esters is 4. The lowest BCUT2D eigenvalue weighted by Gasteiger charge is -2.22. The van der Waals surface area contributed by atoms with Gasteiger partial charge in [0.1, 0.15) is 31.0 Å². The number of nitrogens with one attached hydrogen (secondary N) is 1. The fourth-order valence-corrected chi connectivity index (χ4v) is 5.81. The quantitative estimate of drug-likeness (QED) is 0.0463. The Bertz CT molecular complexity index is 2140. The topological polar surface area (TPSA) is 211 Å². The minimum atomic E-state index is -1.93. The number of benzene rings is 4. The largest absolute Gasteiger partial charge is 0.459 e. The Balaban J connectivity index is 0.000000619. The Kier molecular flexibility index (Phi) is 23.0. The lowest BCUT2D eigenvalue weighted by molar-refractivity contribution is -0.0494. The van der Waals surface area contributed by atoms with Gasteiger partial charge >= 0.3 is 30.0 Å². The van der Waals surface area contributed by atoms with Crippen molar-refractivity contribution in [1.29, 1.82) is 0 Å². The van der Waals surface area contributed by atoms with Crippen molar-refractivity contribution in [3.05, 3.63) is 154 Å². The van der Waals surface area contributed by atoms with Crippen molar-refractivity contribution < 1.29 is 65.9 Å². The van der Waals surface area contributed by atoms with Gasteiger partial charge in [0, 0.05) is 4.91 Å². The molecule has 2 aliphatic rings. The van der Waals surface area contributed by atoms with Crippen molar-refractivity contribution in [2.75, 3.05) is 13.2 Å². The second kappa shape index (κ2) is 26.7. The minimum absolute atomic E-state index is 0. The molecule has 6 rings (SSSR count). The van der Waals surface area contributed by atoms with Crippen LogP contribution < -0.4 is 5.32 Å². The predicted molar refractivity (Wildman–Crippen MR) is 237 cm³/mol. The molecule has 1 amide bonds. The first-order valence-corrected chi connectivity index (χ1v) is 18.8. The number of carbonyl (C=O) groups excluding carboxylic acids is 5. The van der Waals surface area contributed by atoms with Crippen molar-refractivity contribution >= 4 is 30.0 Å². The smallest absolute Gasteiger partial charge is 0.409 e. The third-order valence-electron chi connectivity index (χ3n) is 8.66. The van der Waals surface area contributed by atoms with E-state index in [1.54, 1.807) is 118 Å². The van der Waals surface area contributed by atoms with Crippen LogP contribution in [-0.4, -0.2) is 98.0 Å². The van der Waals surface area contributed by atoms with E-state index >= 15 is 4.39 Å². The fraction of sp³-hybridized carbons (Fsp3) is 0.383. The number of rotatable bonds is 12.